The van der Waals surface area contributed by atoms with Crippen molar-refractivity contribution in [2.24, 2.45) is 0 Å². The van der Waals surface area contributed by atoms with Gasteiger partial charge < -0.3 is 9.80 Å². The summed E-state index contributed by atoms with van der Waals surface area (Å²) in [6.07, 6.45) is 1.46. The molecule has 0 aromatic heterocycles. The molecular formula is C21H21ClN3O2+. The van der Waals surface area contributed by atoms with Crippen molar-refractivity contribution in [2.75, 3.05) is 31.1 Å². The number of piperazine rings is 1. The summed E-state index contributed by atoms with van der Waals surface area (Å²) < 4.78 is 0. The Bertz CT molecular complexity index is 872. The van der Waals surface area contributed by atoms with Crippen LogP contribution in [0, 0.1) is 0 Å². The average Bonchev–Trinajstić information content (AvgIpc) is 2.98. The number of rotatable bonds is 4. The average molecular weight is 383 g/mol. The highest BCUT2D eigenvalue weighted by atomic mass is 35.5. The number of hydrogen-bond donors (Lipinski definition) is 1. The molecule has 2 aromatic carbocycles. The van der Waals surface area contributed by atoms with E-state index in [1.807, 2.05) is 11.0 Å². The summed E-state index contributed by atoms with van der Waals surface area (Å²) >= 11 is 5.90. The third kappa shape index (κ3) is 3.75. The number of amides is 2. The lowest BCUT2D eigenvalue weighted by Gasteiger charge is -2.33. The number of anilines is 1. The summed E-state index contributed by atoms with van der Waals surface area (Å²) in [7, 11) is 0. The molecule has 0 radical (unpaired) electrons. The Hall–Kier alpha value is -2.63. The van der Waals surface area contributed by atoms with Crippen molar-refractivity contribution in [1.29, 1.82) is 0 Å². The number of quaternary nitrogens is 1. The van der Waals surface area contributed by atoms with Gasteiger partial charge in [-0.05, 0) is 24.3 Å². The van der Waals surface area contributed by atoms with Crippen molar-refractivity contribution < 1.29 is 14.5 Å². The Morgan fingerprint density at radius 1 is 0.926 bits per heavy atom. The van der Waals surface area contributed by atoms with Gasteiger partial charge in [0.25, 0.3) is 11.8 Å². The SMILES string of the molecule is O=C1C=C(N2CC[NH+](Cc3ccccc3)CC2)C(=O)N1c1ccc(Cl)cc1. The van der Waals surface area contributed by atoms with Crippen LogP contribution in [0.5, 0.6) is 0 Å². The molecule has 1 fully saturated rings. The molecule has 2 heterocycles. The van der Waals surface area contributed by atoms with Crippen LogP contribution in [0.3, 0.4) is 0 Å². The van der Waals surface area contributed by atoms with E-state index < -0.39 is 0 Å². The highest BCUT2D eigenvalue weighted by Crippen LogP contribution is 2.25. The van der Waals surface area contributed by atoms with Crippen molar-refractivity contribution in [3.8, 4) is 0 Å². The van der Waals surface area contributed by atoms with Crippen LogP contribution in [0.2, 0.25) is 5.02 Å². The van der Waals surface area contributed by atoms with E-state index in [-0.39, 0.29) is 11.8 Å². The normalized spacial score (nSPS) is 18.2. The predicted octanol–water partition coefficient (Wildman–Crippen LogP) is 1.50. The molecule has 2 aliphatic heterocycles. The fraction of sp³-hybridized carbons (Fsp3) is 0.238. The minimum absolute atomic E-state index is 0.256. The first-order valence-electron chi connectivity index (χ1n) is 9.10. The van der Waals surface area contributed by atoms with Gasteiger partial charge in [0.15, 0.2) is 0 Å². The van der Waals surface area contributed by atoms with Crippen molar-refractivity contribution in [3.63, 3.8) is 0 Å². The third-order valence-electron chi connectivity index (χ3n) is 5.10. The van der Waals surface area contributed by atoms with Crippen LogP contribution >= 0.6 is 11.6 Å². The fourth-order valence-corrected chi connectivity index (χ4v) is 3.77. The molecule has 2 aromatic rings. The van der Waals surface area contributed by atoms with Gasteiger partial charge in [-0.2, -0.15) is 0 Å². The fourth-order valence-electron chi connectivity index (χ4n) is 3.64. The zero-order chi connectivity index (χ0) is 18.8. The number of imide groups is 1. The number of carbonyl (C=O) groups is 2. The molecule has 0 spiro atoms. The van der Waals surface area contributed by atoms with E-state index in [2.05, 4.69) is 24.3 Å². The van der Waals surface area contributed by atoms with E-state index in [1.54, 1.807) is 24.3 Å². The topological polar surface area (TPSA) is 45.1 Å². The number of carbonyl (C=O) groups excluding carboxylic acids is 2. The summed E-state index contributed by atoms with van der Waals surface area (Å²) in [5.74, 6) is -0.551. The molecule has 1 N–H and O–H groups in total. The number of nitrogens with zero attached hydrogens (tertiary/aromatic N) is 2. The number of benzene rings is 2. The monoisotopic (exact) mass is 382 g/mol. The lowest BCUT2D eigenvalue weighted by Crippen LogP contribution is -3.13. The molecule has 138 valence electrons. The van der Waals surface area contributed by atoms with Crippen LogP contribution in [0.4, 0.5) is 5.69 Å². The van der Waals surface area contributed by atoms with Gasteiger partial charge in [0, 0.05) is 16.7 Å². The maximum Gasteiger partial charge on any atom is 0.281 e. The van der Waals surface area contributed by atoms with Gasteiger partial charge in [0.1, 0.15) is 12.2 Å². The Morgan fingerprint density at radius 2 is 1.59 bits per heavy atom. The van der Waals surface area contributed by atoms with Gasteiger partial charge in [-0.15, -0.1) is 0 Å². The van der Waals surface area contributed by atoms with E-state index >= 15 is 0 Å². The van der Waals surface area contributed by atoms with Gasteiger partial charge in [0.2, 0.25) is 0 Å². The lowest BCUT2D eigenvalue weighted by atomic mass is 10.2. The van der Waals surface area contributed by atoms with Crippen molar-refractivity contribution in [1.82, 2.24) is 4.90 Å². The zero-order valence-electron chi connectivity index (χ0n) is 14.9. The predicted molar refractivity (Wildman–Crippen MR) is 104 cm³/mol. The van der Waals surface area contributed by atoms with Crippen LogP contribution in [-0.4, -0.2) is 42.9 Å². The molecule has 5 nitrogen and oxygen atoms in total. The molecule has 0 atom stereocenters. The highest BCUT2D eigenvalue weighted by Gasteiger charge is 2.36. The first-order valence-corrected chi connectivity index (χ1v) is 9.48. The second kappa shape index (κ2) is 7.55. The first-order chi connectivity index (χ1) is 13.1. The summed E-state index contributed by atoms with van der Waals surface area (Å²) in [5, 5.41) is 0.573. The number of hydrogen-bond acceptors (Lipinski definition) is 3. The first kappa shape index (κ1) is 17.8. The Balaban J connectivity index is 1.40. The standard InChI is InChI=1S/C21H20ClN3O2/c22-17-6-8-18(9-7-17)25-20(26)14-19(21(25)27)24-12-10-23(11-13-24)15-16-4-2-1-3-5-16/h1-9,14H,10-13,15H2/p+1. The quantitative estimate of drug-likeness (QED) is 0.815. The summed E-state index contributed by atoms with van der Waals surface area (Å²) in [6.45, 7) is 4.39. The molecule has 1 saturated heterocycles. The van der Waals surface area contributed by atoms with Gasteiger partial charge >= 0.3 is 0 Å². The number of halogens is 1. The molecule has 0 unspecified atom stereocenters. The lowest BCUT2D eigenvalue weighted by molar-refractivity contribution is -0.917. The van der Waals surface area contributed by atoms with Gasteiger partial charge in [0.05, 0.1) is 31.9 Å². The van der Waals surface area contributed by atoms with Crippen LogP contribution < -0.4 is 9.80 Å². The Labute approximate surface area is 163 Å². The second-order valence-corrected chi connectivity index (χ2v) is 7.32. The molecule has 0 bridgehead atoms. The van der Waals surface area contributed by atoms with E-state index in [0.717, 1.165) is 32.7 Å². The highest BCUT2D eigenvalue weighted by molar-refractivity contribution is 6.32. The maximum absolute atomic E-state index is 12.8. The van der Waals surface area contributed by atoms with Crippen molar-refractivity contribution in [3.05, 3.63) is 77.0 Å². The van der Waals surface area contributed by atoms with Gasteiger partial charge in [-0.1, -0.05) is 41.9 Å². The second-order valence-electron chi connectivity index (χ2n) is 6.88. The Morgan fingerprint density at radius 3 is 2.26 bits per heavy atom. The molecular weight excluding hydrogens is 362 g/mol. The summed E-state index contributed by atoms with van der Waals surface area (Å²) in [5.41, 5.74) is 2.36. The van der Waals surface area contributed by atoms with Crippen molar-refractivity contribution >= 4 is 29.1 Å². The molecule has 2 aliphatic rings. The summed E-state index contributed by atoms with van der Waals surface area (Å²) in [4.78, 5) is 30.0. The molecule has 0 saturated carbocycles. The largest absolute Gasteiger partial charge is 0.356 e. The maximum atomic E-state index is 12.8. The Kier molecular flexibility index (Phi) is 4.97. The van der Waals surface area contributed by atoms with Crippen LogP contribution in [-0.2, 0) is 16.1 Å². The van der Waals surface area contributed by atoms with Crippen LogP contribution in [0.15, 0.2) is 66.4 Å². The van der Waals surface area contributed by atoms with E-state index in [9.17, 15) is 9.59 Å². The van der Waals surface area contributed by atoms with E-state index in [4.69, 9.17) is 11.6 Å². The smallest absolute Gasteiger partial charge is 0.281 e. The third-order valence-corrected chi connectivity index (χ3v) is 5.35. The molecule has 2 amide bonds. The molecule has 0 aliphatic carbocycles. The number of nitrogens with one attached hydrogen (secondary N) is 1. The van der Waals surface area contributed by atoms with E-state index in [1.165, 1.54) is 21.4 Å². The minimum atomic E-state index is -0.295. The van der Waals surface area contributed by atoms with Crippen molar-refractivity contribution in [2.45, 2.75) is 6.54 Å². The molecule has 6 heteroatoms. The van der Waals surface area contributed by atoms with Crippen LogP contribution in [0.25, 0.3) is 0 Å². The summed E-state index contributed by atoms with van der Waals surface area (Å²) in [6, 6.07) is 17.2. The van der Waals surface area contributed by atoms with E-state index in [0.29, 0.717) is 16.4 Å². The molecule has 27 heavy (non-hydrogen) atoms. The minimum Gasteiger partial charge on any atom is -0.356 e. The molecule has 4 rings (SSSR count). The van der Waals surface area contributed by atoms with Gasteiger partial charge in [-0.3, -0.25) is 9.59 Å². The van der Waals surface area contributed by atoms with Crippen LogP contribution in [0.1, 0.15) is 5.56 Å². The zero-order valence-corrected chi connectivity index (χ0v) is 15.7. The van der Waals surface area contributed by atoms with Gasteiger partial charge in [-0.25, -0.2) is 4.90 Å².